The molecule has 2 nitrogen and oxygen atoms in total. The molecular weight excluding hydrogens is 452 g/mol. The Kier molecular flexibility index (Phi) is 30.8. The summed E-state index contributed by atoms with van der Waals surface area (Å²) < 4.78 is 5.25. The Hall–Kier alpha value is -0.790. The SMILES string of the molecule is CCCCCCCCCCCCCCC=COC(=O)CCCCCCCCCCCCCCCC(C)C. The van der Waals surface area contributed by atoms with Gasteiger partial charge in [-0.1, -0.05) is 175 Å². The monoisotopic (exact) mass is 521 g/mol. The van der Waals surface area contributed by atoms with Crippen molar-refractivity contribution in [1.82, 2.24) is 0 Å². The second kappa shape index (κ2) is 31.4. The number of allylic oxidation sites excluding steroid dienone is 1. The fourth-order valence-electron chi connectivity index (χ4n) is 5.12. The van der Waals surface area contributed by atoms with Gasteiger partial charge in [-0.15, -0.1) is 0 Å². The van der Waals surface area contributed by atoms with Crippen LogP contribution < -0.4 is 0 Å². The Balaban J connectivity index is 3.22. The molecule has 0 spiro atoms. The van der Waals surface area contributed by atoms with Gasteiger partial charge < -0.3 is 4.74 Å². The van der Waals surface area contributed by atoms with Crippen LogP contribution in [0.25, 0.3) is 0 Å². The van der Waals surface area contributed by atoms with Crippen molar-refractivity contribution in [2.45, 2.75) is 201 Å². The molecule has 0 rings (SSSR count). The predicted molar refractivity (Wildman–Crippen MR) is 165 cm³/mol. The molecule has 0 saturated heterocycles. The summed E-state index contributed by atoms with van der Waals surface area (Å²) in [5.74, 6) is 0.810. The second-order valence-electron chi connectivity index (χ2n) is 12.1. The van der Waals surface area contributed by atoms with Gasteiger partial charge >= 0.3 is 5.97 Å². The minimum atomic E-state index is -0.0600. The van der Waals surface area contributed by atoms with Crippen molar-refractivity contribution in [3.05, 3.63) is 12.3 Å². The normalized spacial score (nSPS) is 11.7. The summed E-state index contributed by atoms with van der Waals surface area (Å²) in [5.41, 5.74) is 0. The maximum absolute atomic E-state index is 11.9. The Morgan fingerprint density at radius 2 is 0.919 bits per heavy atom. The van der Waals surface area contributed by atoms with Gasteiger partial charge in [-0.2, -0.15) is 0 Å². The standard InChI is InChI=1S/C35H68O2/c1-4-5-6-7-8-9-10-11-15-18-21-24-27-30-33-37-35(36)32-29-26-23-20-17-14-12-13-16-19-22-25-28-31-34(2)3/h30,33-34H,4-29,31-32H2,1-3H3. The van der Waals surface area contributed by atoms with E-state index in [9.17, 15) is 4.79 Å². The highest BCUT2D eigenvalue weighted by Crippen LogP contribution is 2.15. The first kappa shape index (κ1) is 36.2. The highest BCUT2D eigenvalue weighted by atomic mass is 16.5. The lowest BCUT2D eigenvalue weighted by atomic mass is 10.0. The van der Waals surface area contributed by atoms with Crippen LogP contribution in [0, 0.1) is 5.92 Å². The van der Waals surface area contributed by atoms with Gasteiger partial charge in [0.2, 0.25) is 0 Å². The lowest BCUT2D eigenvalue weighted by Gasteiger charge is -2.05. The molecule has 2 heteroatoms. The Labute approximate surface area is 234 Å². The maximum Gasteiger partial charge on any atom is 0.310 e. The lowest BCUT2D eigenvalue weighted by Crippen LogP contribution is -1.98. The fraction of sp³-hybridized carbons (Fsp3) is 0.914. The number of carbonyl (C=O) groups is 1. The van der Waals surface area contributed by atoms with E-state index in [2.05, 4.69) is 20.8 Å². The number of carbonyl (C=O) groups excluding carboxylic acids is 1. The highest BCUT2D eigenvalue weighted by Gasteiger charge is 2.01. The van der Waals surface area contributed by atoms with Crippen LogP contribution in [0.5, 0.6) is 0 Å². The number of hydrogen-bond donors (Lipinski definition) is 0. The van der Waals surface area contributed by atoms with Gasteiger partial charge in [0, 0.05) is 6.42 Å². The molecule has 0 N–H and O–H groups in total. The van der Waals surface area contributed by atoms with Crippen molar-refractivity contribution in [3.8, 4) is 0 Å². The zero-order valence-corrected chi connectivity index (χ0v) is 25.8. The second-order valence-corrected chi connectivity index (χ2v) is 12.1. The smallest absolute Gasteiger partial charge is 0.310 e. The van der Waals surface area contributed by atoms with Gasteiger partial charge in [-0.05, 0) is 31.3 Å². The quantitative estimate of drug-likeness (QED) is 0.0534. The van der Waals surface area contributed by atoms with Gasteiger partial charge in [0.1, 0.15) is 0 Å². The average Bonchev–Trinajstić information content (AvgIpc) is 2.88. The summed E-state index contributed by atoms with van der Waals surface area (Å²) in [6.07, 6.45) is 40.6. The molecule has 0 heterocycles. The summed E-state index contributed by atoms with van der Waals surface area (Å²) in [5, 5.41) is 0. The zero-order valence-electron chi connectivity index (χ0n) is 25.8. The first-order valence-electron chi connectivity index (χ1n) is 17.0. The first-order valence-corrected chi connectivity index (χ1v) is 17.0. The topological polar surface area (TPSA) is 26.3 Å². The molecule has 0 aliphatic carbocycles. The predicted octanol–water partition coefficient (Wildman–Crippen LogP) is 12.6. The summed E-state index contributed by atoms with van der Waals surface area (Å²) in [6.45, 7) is 6.94. The Bertz CT molecular complexity index is 468. The van der Waals surface area contributed by atoms with E-state index < -0.39 is 0 Å². The largest absolute Gasteiger partial charge is 0.435 e. The minimum Gasteiger partial charge on any atom is -0.435 e. The molecule has 0 aromatic carbocycles. The van der Waals surface area contributed by atoms with E-state index in [1.54, 1.807) is 6.26 Å². The molecule has 0 unspecified atom stereocenters. The van der Waals surface area contributed by atoms with E-state index in [1.165, 1.54) is 154 Å². The molecule has 0 aliphatic heterocycles. The molecule has 0 aromatic rings. The van der Waals surface area contributed by atoms with E-state index in [0.29, 0.717) is 6.42 Å². The summed E-state index contributed by atoms with van der Waals surface area (Å²) >= 11 is 0. The van der Waals surface area contributed by atoms with E-state index >= 15 is 0 Å². The molecule has 220 valence electrons. The third-order valence-electron chi connectivity index (χ3n) is 7.68. The number of esters is 1. The van der Waals surface area contributed by atoms with E-state index in [-0.39, 0.29) is 5.97 Å². The van der Waals surface area contributed by atoms with Crippen molar-refractivity contribution in [2.75, 3.05) is 0 Å². The summed E-state index contributed by atoms with van der Waals surface area (Å²) in [7, 11) is 0. The average molecular weight is 521 g/mol. The molecule has 0 bridgehead atoms. The van der Waals surface area contributed by atoms with Crippen molar-refractivity contribution >= 4 is 5.97 Å². The summed E-state index contributed by atoms with van der Waals surface area (Å²) in [6, 6.07) is 0. The van der Waals surface area contributed by atoms with E-state index in [1.807, 2.05) is 6.08 Å². The number of hydrogen-bond acceptors (Lipinski definition) is 2. The third kappa shape index (κ3) is 33.2. The maximum atomic E-state index is 11.9. The van der Waals surface area contributed by atoms with Crippen molar-refractivity contribution in [1.29, 1.82) is 0 Å². The van der Waals surface area contributed by atoms with Crippen molar-refractivity contribution < 1.29 is 9.53 Å². The number of ether oxygens (including phenoxy) is 1. The van der Waals surface area contributed by atoms with Crippen molar-refractivity contribution in [2.24, 2.45) is 5.92 Å². The minimum absolute atomic E-state index is 0.0600. The van der Waals surface area contributed by atoms with Crippen LogP contribution in [-0.4, -0.2) is 5.97 Å². The van der Waals surface area contributed by atoms with Crippen LogP contribution in [0.15, 0.2) is 12.3 Å². The number of rotatable bonds is 30. The van der Waals surface area contributed by atoms with Crippen LogP contribution in [0.3, 0.4) is 0 Å². The fourth-order valence-corrected chi connectivity index (χ4v) is 5.12. The van der Waals surface area contributed by atoms with Crippen molar-refractivity contribution in [3.63, 3.8) is 0 Å². The molecule has 0 atom stereocenters. The van der Waals surface area contributed by atoms with Crippen LogP contribution in [-0.2, 0) is 9.53 Å². The van der Waals surface area contributed by atoms with Crippen LogP contribution >= 0.6 is 0 Å². The van der Waals surface area contributed by atoms with Gasteiger partial charge in [0.25, 0.3) is 0 Å². The highest BCUT2D eigenvalue weighted by molar-refractivity contribution is 5.69. The first-order chi connectivity index (χ1) is 18.2. The van der Waals surface area contributed by atoms with Gasteiger partial charge in [-0.25, -0.2) is 0 Å². The van der Waals surface area contributed by atoms with Crippen LogP contribution in [0.1, 0.15) is 201 Å². The molecular formula is C35H68O2. The third-order valence-corrected chi connectivity index (χ3v) is 7.68. The molecule has 0 amide bonds. The lowest BCUT2D eigenvalue weighted by molar-refractivity contribution is -0.138. The Morgan fingerprint density at radius 3 is 1.35 bits per heavy atom. The van der Waals surface area contributed by atoms with E-state index in [4.69, 9.17) is 4.74 Å². The molecule has 37 heavy (non-hydrogen) atoms. The molecule has 0 aromatic heterocycles. The molecule has 0 aliphatic rings. The Morgan fingerprint density at radius 1 is 0.541 bits per heavy atom. The van der Waals surface area contributed by atoms with Gasteiger partial charge in [0.05, 0.1) is 6.26 Å². The van der Waals surface area contributed by atoms with Gasteiger partial charge in [-0.3, -0.25) is 4.79 Å². The summed E-state index contributed by atoms with van der Waals surface area (Å²) in [4.78, 5) is 11.9. The van der Waals surface area contributed by atoms with Crippen LogP contribution in [0.4, 0.5) is 0 Å². The zero-order chi connectivity index (χ0) is 27.1. The van der Waals surface area contributed by atoms with Gasteiger partial charge in [0.15, 0.2) is 0 Å². The van der Waals surface area contributed by atoms with Crippen LogP contribution in [0.2, 0.25) is 0 Å². The van der Waals surface area contributed by atoms with E-state index in [0.717, 1.165) is 25.2 Å². The molecule has 0 fully saturated rings. The molecule has 0 radical (unpaired) electrons. The molecule has 0 saturated carbocycles. The number of unbranched alkanes of at least 4 members (excludes halogenated alkanes) is 24.